The summed E-state index contributed by atoms with van der Waals surface area (Å²) in [7, 11) is 0. The molecule has 1 N–H and O–H groups in total. The maximum absolute atomic E-state index is 12.4. The Hall–Kier alpha value is -2.10. The van der Waals surface area contributed by atoms with Crippen molar-refractivity contribution in [3.8, 4) is 0 Å². The molecule has 1 atom stereocenters. The zero-order chi connectivity index (χ0) is 17.6. The van der Waals surface area contributed by atoms with Crippen molar-refractivity contribution >= 4 is 11.8 Å². The van der Waals surface area contributed by atoms with Gasteiger partial charge in [0.25, 0.3) is 0 Å². The zero-order valence-corrected chi connectivity index (χ0v) is 14.6. The Labute approximate surface area is 148 Å². The second kappa shape index (κ2) is 8.32. The third-order valence-corrected chi connectivity index (χ3v) is 5.30. The Kier molecular flexibility index (Phi) is 5.90. The monoisotopic (exact) mass is 342 g/mol. The lowest BCUT2D eigenvalue weighted by Crippen LogP contribution is -2.14. The summed E-state index contributed by atoms with van der Waals surface area (Å²) < 4.78 is 5.22. The van der Waals surface area contributed by atoms with Crippen molar-refractivity contribution in [2.24, 2.45) is 5.92 Å². The minimum absolute atomic E-state index is 0.135. The van der Waals surface area contributed by atoms with Crippen LogP contribution in [0.4, 0.5) is 0 Å². The Bertz CT molecular complexity index is 641. The van der Waals surface area contributed by atoms with Crippen molar-refractivity contribution in [1.29, 1.82) is 0 Å². The number of benzene rings is 1. The van der Waals surface area contributed by atoms with Gasteiger partial charge in [-0.05, 0) is 17.9 Å². The third kappa shape index (κ3) is 4.50. The maximum Gasteiger partial charge on any atom is 0.346 e. The van der Waals surface area contributed by atoms with E-state index in [-0.39, 0.29) is 17.1 Å². The van der Waals surface area contributed by atoms with Gasteiger partial charge in [-0.3, -0.25) is 4.79 Å². The highest BCUT2D eigenvalue weighted by atomic mass is 16.6. The molecule has 1 saturated carbocycles. The Balaban J connectivity index is 1.55. The SMILES string of the molecule is O=C(CCCC1CCCCC1)C1=C(O)C(Cc2ccccc2)OC1=O. The molecule has 1 aliphatic heterocycles. The van der Waals surface area contributed by atoms with Crippen LogP contribution in [0.2, 0.25) is 0 Å². The van der Waals surface area contributed by atoms with Gasteiger partial charge in [-0.1, -0.05) is 68.9 Å². The molecule has 2 aliphatic rings. The number of aliphatic hydroxyl groups is 1. The molecule has 134 valence electrons. The van der Waals surface area contributed by atoms with Crippen LogP contribution in [0.5, 0.6) is 0 Å². The van der Waals surface area contributed by atoms with Gasteiger partial charge in [-0.15, -0.1) is 0 Å². The van der Waals surface area contributed by atoms with Crippen LogP contribution in [0, 0.1) is 5.92 Å². The second-order valence-corrected chi connectivity index (χ2v) is 7.16. The van der Waals surface area contributed by atoms with E-state index in [1.54, 1.807) is 0 Å². The number of rotatable bonds is 7. The van der Waals surface area contributed by atoms with E-state index in [1.165, 1.54) is 32.1 Å². The van der Waals surface area contributed by atoms with Crippen LogP contribution in [0.25, 0.3) is 0 Å². The van der Waals surface area contributed by atoms with Crippen molar-refractivity contribution in [3.05, 3.63) is 47.2 Å². The van der Waals surface area contributed by atoms with Crippen LogP contribution in [0.1, 0.15) is 56.9 Å². The summed E-state index contributed by atoms with van der Waals surface area (Å²) in [6.07, 6.45) is 8.17. The van der Waals surface area contributed by atoms with Gasteiger partial charge in [0.1, 0.15) is 5.57 Å². The number of cyclic esters (lactones) is 1. The number of carbonyl (C=O) groups excluding carboxylic acids is 2. The summed E-state index contributed by atoms with van der Waals surface area (Å²) in [6, 6.07) is 9.51. The van der Waals surface area contributed by atoms with E-state index in [0.717, 1.165) is 18.4 Å². The predicted octanol–water partition coefficient (Wildman–Crippen LogP) is 4.29. The van der Waals surface area contributed by atoms with Crippen molar-refractivity contribution < 1.29 is 19.4 Å². The third-order valence-electron chi connectivity index (χ3n) is 5.30. The topological polar surface area (TPSA) is 63.6 Å². The molecular formula is C21H26O4. The molecule has 1 aromatic rings. The average molecular weight is 342 g/mol. The summed E-state index contributed by atoms with van der Waals surface area (Å²) >= 11 is 0. The Morgan fingerprint density at radius 3 is 2.56 bits per heavy atom. The number of aliphatic hydroxyl groups excluding tert-OH is 1. The molecule has 1 fully saturated rings. The molecule has 0 spiro atoms. The molecule has 1 aliphatic carbocycles. The smallest absolute Gasteiger partial charge is 0.346 e. The highest BCUT2D eigenvalue weighted by Gasteiger charge is 2.37. The summed E-state index contributed by atoms with van der Waals surface area (Å²) in [5.41, 5.74) is 0.822. The fourth-order valence-electron chi connectivity index (χ4n) is 3.88. The maximum atomic E-state index is 12.4. The van der Waals surface area contributed by atoms with E-state index in [4.69, 9.17) is 4.74 Å². The molecule has 0 aromatic heterocycles. The average Bonchev–Trinajstić information content (AvgIpc) is 2.90. The molecule has 1 aromatic carbocycles. The lowest BCUT2D eigenvalue weighted by Gasteiger charge is -2.20. The van der Waals surface area contributed by atoms with Crippen LogP contribution >= 0.6 is 0 Å². The standard InChI is InChI=1S/C21H26O4/c22-17(13-7-12-15-8-3-1-4-9-15)19-20(23)18(25-21(19)24)14-16-10-5-2-6-11-16/h2,5-6,10-11,15,18,23H,1,3-4,7-9,12-14H2. The van der Waals surface area contributed by atoms with Crippen molar-refractivity contribution in [3.63, 3.8) is 0 Å². The van der Waals surface area contributed by atoms with Gasteiger partial charge < -0.3 is 9.84 Å². The summed E-state index contributed by atoms with van der Waals surface area (Å²) in [5.74, 6) is -0.447. The van der Waals surface area contributed by atoms with Crippen molar-refractivity contribution in [2.45, 2.75) is 63.9 Å². The lowest BCUT2D eigenvalue weighted by molar-refractivity contribution is -0.141. The van der Waals surface area contributed by atoms with E-state index < -0.39 is 12.1 Å². The van der Waals surface area contributed by atoms with Crippen LogP contribution in [-0.4, -0.2) is 23.0 Å². The quantitative estimate of drug-likeness (QED) is 0.593. The predicted molar refractivity (Wildman–Crippen MR) is 95.1 cm³/mol. The first-order valence-corrected chi connectivity index (χ1v) is 9.36. The number of hydrogen-bond acceptors (Lipinski definition) is 4. The first kappa shape index (κ1) is 17.7. The number of esters is 1. The highest BCUT2D eigenvalue weighted by Crippen LogP contribution is 2.29. The number of carbonyl (C=O) groups is 2. The molecule has 0 bridgehead atoms. The fraction of sp³-hybridized carbons (Fsp3) is 0.524. The molecule has 0 saturated heterocycles. The molecule has 1 heterocycles. The second-order valence-electron chi connectivity index (χ2n) is 7.16. The number of Topliss-reactive ketones (excluding diaryl/α,β-unsaturated/α-hetero) is 1. The van der Waals surface area contributed by atoms with Gasteiger partial charge in [-0.2, -0.15) is 0 Å². The normalized spacial score (nSPS) is 21.4. The minimum atomic E-state index is -0.743. The molecule has 4 nitrogen and oxygen atoms in total. The van der Waals surface area contributed by atoms with Crippen LogP contribution in [-0.2, 0) is 20.7 Å². The van der Waals surface area contributed by atoms with E-state index in [1.807, 2.05) is 30.3 Å². The molecule has 3 rings (SSSR count). The molecular weight excluding hydrogens is 316 g/mol. The van der Waals surface area contributed by atoms with Crippen LogP contribution in [0.3, 0.4) is 0 Å². The first-order chi connectivity index (χ1) is 12.1. The van der Waals surface area contributed by atoms with Crippen LogP contribution in [0.15, 0.2) is 41.7 Å². The first-order valence-electron chi connectivity index (χ1n) is 9.36. The summed E-state index contributed by atoms with van der Waals surface area (Å²) in [5, 5.41) is 10.3. The van der Waals surface area contributed by atoms with Crippen molar-refractivity contribution in [2.75, 3.05) is 0 Å². The van der Waals surface area contributed by atoms with E-state index in [9.17, 15) is 14.7 Å². The number of ether oxygens (including phenoxy) is 1. The van der Waals surface area contributed by atoms with Gasteiger partial charge in [0.05, 0.1) is 0 Å². The molecule has 25 heavy (non-hydrogen) atoms. The highest BCUT2D eigenvalue weighted by molar-refractivity contribution is 6.19. The molecule has 1 unspecified atom stereocenters. The zero-order valence-electron chi connectivity index (χ0n) is 14.6. The molecule has 0 radical (unpaired) electrons. The molecule has 0 amide bonds. The largest absolute Gasteiger partial charge is 0.507 e. The van der Waals surface area contributed by atoms with E-state index in [0.29, 0.717) is 18.8 Å². The number of ketones is 1. The Morgan fingerprint density at radius 2 is 1.84 bits per heavy atom. The molecule has 4 heteroatoms. The van der Waals surface area contributed by atoms with Gasteiger partial charge in [0.2, 0.25) is 0 Å². The number of hydrogen-bond donors (Lipinski definition) is 1. The summed E-state index contributed by atoms with van der Waals surface area (Å²) in [6.45, 7) is 0. The Morgan fingerprint density at radius 1 is 1.12 bits per heavy atom. The summed E-state index contributed by atoms with van der Waals surface area (Å²) in [4.78, 5) is 24.4. The fourth-order valence-corrected chi connectivity index (χ4v) is 3.88. The van der Waals surface area contributed by atoms with E-state index in [2.05, 4.69) is 0 Å². The van der Waals surface area contributed by atoms with Gasteiger partial charge in [0.15, 0.2) is 17.6 Å². The van der Waals surface area contributed by atoms with E-state index >= 15 is 0 Å². The van der Waals surface area contributed by atoms with Gasteiger partial charge in [0, 0.05) is 12.8 Å². The van der Waals surface area contributed by atoms with Crippen LogP contribution < -0.4 is 0 Å². The minimum Gasteiger partial charge on any atom is -0.507 e. The van der Waals surface area contributed by atoms with Gasteiger partial charge >= 0.3 is 5.97 Å². The van der Waals surface area contributed by atoms with Crippen molar-refractivity contribution in [1.82, 2.24) is 0 Å². The lowest BCUT2D eigenvalue weighted by atomic mass is 9.85. The van der Waals surface area contributed by atoms with Gasteiger partial charge in [-0.25, -0.2) is 4.79 Å².